The molecule has 0 fully saturated rings. The van der Waals surface area contributed by atoms with E-state index in [0.29, 0.717) is 18.7 Å². The summed E-state index contributed by atoms with van der Waals surface area (Å²) in [5, 5.41) is 2.71. The third-order valence-electron chi connectivity index (χ3n) is 3.21. The van der Waals surface area contributed by atoms with Gasteiger partial charge in [-0.05, 0) is 36.6 Å². The number of amides is 1. The van der Waals surface area contributed by atoms with Gasteiger partial charge in [0.05, 0.1) is 17.6 Å². The van der Waals surface area contributed by atoms with Crippen molar-refractivity contribution in [3.8, 4) is 0 Å². The average Bonchev–Trinajstić information content (AvgIpc) is 2.55. The van der Waals surface area contributed by atoms with Crippen LogP contribution in [-0.4, -0.2) is 17.6 Å². The van der Waals surface area contributed by atoms with E-state index in [1.54, 1.807) is 6.20 Å². The SMILES string of the molecule is Cc1cc(N)cnc1C=CCCNC(=O)OCc1ccccc1. The molecule has 0 spiro atoms. The molecule has 5 nitrogen and oxygen atoms in total. The van der Waals surface area contributed by atoms with Gasteiger partial charge in [-0.3, -0.25) is 4.98 Å². The molecule has 2 rings (SSSR count). The summed E-state index contributed by atoms with van der Waals surface area (Å²) in [6, 6.07) is 11.5. The van der Waals surface area contributed by atoms with Crippen LogP contribution in [0, 0.1) is 6.92 Å². The van der Waals surface area contributed by atoms with Gasteiger partial charge in [0.2, 0.25) is 0 Å². The lowest BCUT2D eigenvalue weighted by atomic mass is 10.2. The number of hydrogen-bond donors (Lipinski definition) is 2. The molecule has 0 saturated heterocycles. The minimum Gasteiger partial charge on any atom is -0.445 e. The molecule has 1 aromatic heterocycles. The summed E-state index contributed by atoms with van der Waals surface area (Å²) in [6.07, 6.45) is 5.80. The molecule has 0 atom stereocenters. The van der Waals surface area contributed by atoms with E-state index >= 15 is 0 Å². The summed E-state index contributed by atoms with van der Waals surface area (Å²) in [5.74, 6) is 0. The number of nitrogen functional groups attached to an aromatic ring is 1. The van der Waals surface area contributed by atoms with Gasteiger partial charge in [-0.15, -0.1) is 0 Å². The number of nitrogens with two attached hydrogens (primary N) is 1. The van der Waals surface area contributed by atoms with Crippen LogP contribution < -0.4 is 11.1 Å². The van der Waals surface area contributed by atoms with E-state index in [9.17, 15) is 4.79 Å². The highest BCUT2D eigenvalue weighted by Gasteiger charge is 2.01. The second kappa shape index (κ2) is 8.58. The Balaban J connectivity index is 1.66. The van der Waals surface area contributed by atoms with Gasteiger partial charge in [-0.25, -0.2) is 4.79 Å². The van der Waals surface area contributed by atoms with Crippen LogP contribution in [0.3, 0.4) is 0 Å². The first-order valence-corrected chi connectivity index (χ1v) is 7.48. The number of benzene rings is 1. The van der Waals surface area contributed by atoms with Crippen molar-refractivity contribution in [2.24, 2.45) is 0 Å². The first kappa shape index (κ1) is 16.5. The number of hydrogen-bond acceptors (Lipinski definition) is 4. The lowest BCUT2D eigenvalue weighted by molar-refractivity contribution is 0.140. The van der Waals surface area contributed by atoms with Crippen molar-refractivity contribution < 1.29 is 9.53 Å². The van der Waals surface area contributed by atoms with Crippen LogP contribution >= 0.6 is 0 Å². The van der Waals surface area contributed by atoms with E-state index in [-0.39, 0.29) is 6.61 Å². The molecule has 0 bridgehead atoms. The van der Waals surface area contributed by atoms with Crippen molar-refractivity contribution in [3.05, 3.63) is 65.5 Å². The fraction of sp³-hybridized carbons (Fsp3) is 0.222. The Morgan fingerprint density at radius 1 is 1.35 bits per heavy atom. The number of carbonyl (C=O) groups is 1. The van der Waals surface area contributed by atoms with E-state index < -0.39 is 6.09 Å². The lowest BCUT2D eigenvalue weighted by Gasteiger charge is -2.06. The topological polar surface area (TPSA) is 77.2 Å². The standard InChI is InChI=1S/C18H21N3O2/c1-14-11-16(19)12-21-17(14)9-5-6-10-20-18(22)23-13-15-7-3-2-4-8-15/h2-5,7-9,11-12H,6,10,13,19H2,1H3,(H,20,22). The number of rotatable bonds is 6. The van der Waals surface area contributed by atoms with Crippen LogP contribution in [-0.2, 0) is 11.3 Å². The Hall–Kier alpha value is -2.82. The number of carbonyl (C=O) groups excluding carboxylic acids is 1. The van der Waals surface area contributed by atoms with Gasteiger partial charge in [0.1, 0.15) is 6.61 Å². The Morgan fingerprint density at radius 3 is 2.87 bits per heavy atom. The highest BCUT2D eigenvalue weighted by molar-refractivity contribution is 5.67. The quantitative estimate of drug-likeness (QED) is 0.802. The summed E-state index contributed by atoms with van der Waals surface area (Å²) < 4.78 is 5.12. The molecule has 0 unspecified atom stereocenters. The molecule has 0 aliphatic rings. The third kappa shape index (κ3) is 5.82. The molecular formula is C18H21N3O2. The smallest absolute Gasteiger partial charge is 0.407 e. The van der Waals surface area contributed by atoms with Gasteiger partial charge < -0.3 is 15.8 Å². The fourth-order valence-electron chi connectivity index (χ4n) is 2.01. The Bertz CT molecular complexity index is 669. The zero-order chi connectivity index (χ0) is 16.5. The number of aromatic nitrogens is 1. The maximum atomic E-state index is 11.6. The Morgan fingerprint density at radius 2 is 2.13 bits per heavy atom. The van der Waals surface area contributed by atoms with Crippen LogP contribution in [0.4, 0.5) is 10.5 Å². The Labute approximate surface area is 136 Å². The first-order valence-electron chi connectivity index (χ1n) is 7.48. The summed E-state index contributed by atoms with van der Waals surface area (Å²) in [6.45, 7) is 2.75. The van der Waals surface area contributed by atoms with Crippen molar-refractivity contribution in [2.45, 2.75) is 20.0 Å². The molecular weight excluding hydrogens is 290 g/mol. The van der Waals surface area contributed by atoms with Crippen LogP contribution in [0.1, 0.15) is 23.2 Å². The highest BCUT2D eigenvalue weighted by atomic mass is 16.5. The number of pyridine rings is 1. The maximum Gasteiger partial charge on any atom is 0.407 e. The Kier molecular flexibility index (Phi) is 6.17. The average molecular weight is 311 g/mol. The number of alkyl carbamates (subject to hydrolysis) is 1. The van der Waals surface area contributed by atoms with E-state index in [0.717, 1.165) is 16.8 Å². The molecule has 2 aromatic rings. The number of nitrogens with zero attached hydrogens (tertiary/aromatic N) is 1. The van der Waals surface area contributed by atoms with Crippen LogP contribution in [0.5, 0.6) is 0 Å². The molecule has 3 N–H and O–H groups in total. The zero-order valence-electron chi connectivity index (χ0n) is 13.2. The van der Waals surface area contributed by atoms with E-state index in [4.69, 9.17) is 10.5 Å². The van der Waals surface area contributed by atoms with Gasteiger partial charge in [0.25, 0.3) is 0 Å². The molecule has 1 heterocycles. The number of anilines is 1. The molecule has 1 aromatic carbocycles. The van der Waals surface area contributed by atoms with Crippen molar-refractivity contribution in [1.29, 1.82) is 0 Å². The molecule has 0 radical (unpaired) electrons. The van der Waals surface area contributed by atoms with Gasteiger partial charge in [-0.2, -0.15) is 0 Å². The first-order chi connectivity index (χ1) is 11.1. The van der Waals surface area contributed by atoms with E-state index in [1.807, 2.05) is 55.5 Å². The third-order valence-corrected chi connectivity index (χ3v) is 3.21. The number of nitrogens with one attached hydrogen (secondary N) is 1. The van der Waals surface area contributed by atoms with E-state index in [1.165, 1.54) is 0 Å². The van der Waals surface area contributed by atoms with Crippen LogP contribution in [0.15, 0.2) is 48.7 Å². The zero-order valence-corrected chi connectivity index (χ0v) is 13.2. The largest absolute Gasteiger partial charge is 0.445 e. The van der Waals surface area contributed by atoms with Gasteiger partial charge in [-0.1, -0.05) is 36.4 Å². The van der Waals surface area contributed by atoms with E-state index in [2.05, 4.69) is 10.3 Å². The van der Waals surface area contributed by atoms with Crippen molar-refractivity contribution >= 4 is 17.9 Å². The molecule has 1 amide bonds. The van der Waals surface area contributed by atoms with Crippen molar-refractivity contribution in [2.75, 3.05) is 12.3 Å². The van der Waals surface area contributed by atoms with Crippen LogP contribution in [0.25, 0.3) is 6.08 Å². The van der Waals surface area contributed by atoms with Crippen molar-refractivity contribution in [3.63, 3.8) is 0 Å². The fourth-order valence-corrected chi connectivity index (χ4v) is 2.01. The molecule has 5 heteroatoms. The molecule has 0 saturated carbocycles. The van der Waals surface area contributed by atoms with Crippen LogP contribution in [0.2, 0.25) is 0 Å². The maximum absolute atomic E-state index is 11.6. The molecule has 23 heavy (non-hydrogen) atoms. The highest BCUT2D eigenvalue weighted by Crippen LogP contribution is 2.10. The second-order valence-electron chi connectivity index (χ2n) is 5.15. The number of aryl methyl sites for hydroxylation is 1. The summed E-state index contributed by atoms with van der Waals surface area (Å²) in [4.78, 5) is 15.8. The minimum atomic E-state index is -0.413. The predicted octanol–water partition coefficient (Wildman–Crippen LogP) is 3.30. The summed E-state index contributed by atoms with van der Waals surface area (Å²) in [7, 11) is 0. The second-order valence-corrected chi connectivity index (χ2v) is 5.15. The predicted molar refractivity (Wildman–Crippen MR) is 91.7 cm³/mol. The minimum absolute atomic E-state index is 0.275. The number of ether oxygens (including phenoxy) is 1. The normalized spacial score (nSPS) is 10.7. The lowest BCUT2D eigenvalue weighted by Crippen LogP contribution is -2.24. The van der Waals surface area contributed by atoms with Crippen molar-refractivity contribution in [1.82, 2.24) is 10.3 Å². The molecule has 0 aliphatic carbocycles. The van der Waals surface area contributed by atoms with Gasteiger partial charge in [0.15, 0.2) is 0 Å². The monoisotopic (exact) mass is 311 g/mol. The summed E-state index contributed by atoms with van der Waals surface area (Å²) >= 11 is 0. The molecule has 0 aliphatic heterocycles. The molecule has 120 valence electrons. The van der Waals surface area contributed by atoms with Gasteiger partial charge >= 0.3 is 6.09 Å². The van der Waals surface area contributed by atoms with Gasteiger partial charge in [0, 0.05) is 6.54 Å². The summed E-state index contributed by atoms with van der Waals surface area (Å²) in [5.41, 5.74) is 9.18.